The molecule has 1 atom stereocenters. The SMILES string of the molecule is C[C@H](C(N)=O)n1ccc2c(N)c(Cl)ccc2c1=O. The number of rotatable bonds is 2. The van der Waals surface area contributed by atoms with Crippen molar-refractivity contribution in [2.45, 2.75) is 13.0 Å². The van der Waals surface area contributed by atoms with Crippen LogP contribution in [0.3, 0.4) is 0 Å². The zero-order valence-electron chi connectivity index (χ0n) is 9.68. The molecule has 6 heteroatoms. The third kappa shape index (κ3) is 1.82. The molecule has 0 bridgehead atoms. The molecule has 0 aliphatic carbocycles. The molecule has 0 aliphatic heterocycles. The summed E-state index contributed by atoms with van der Waals surface area (Å²) in [7, 11) is 0. The van der Waals surface area contributed by atoms with Gasteiger partial charge < -0.3 is 16.0 Å². The Kier molecular flexibility index (Phi) is 3.00. The molecule has 4 N–H and O–H groups in total. The van der Waals surface area contributed by atoms with E-state index in [0.717, 1.165) is 0 Å². The summed E-state index contributed by atoms with van der Waals surface area (Å²) < 4.78 is 1.28. The number of fused-ring (bicyclic) bond motifs is 1. The second-order valence-electron chi connectivity index (χ2n) is 4.03. The molecule has 1 amide bonds. The van der Waals surface area contributed by atoms with E-state index in [4.69, 9.17) is 23.1 Å². The van der Waals surface area contributed by atoms with Crippen LogP contribution in [0.5, 0.6) is 0 Å². The molecule has 5 nitrogen and oxygen atoms in total. The monoisotopic (exact) mass is 265 g/mol. The normalized spacial score (nSPS) is 12.6. The second-order valence-corrected chi connectivity index (χ2v) is 4.44. The minimum atomic E-state index is -0.709. The molecule has 0 saturated heterocycles. The number of benzene rings is 1. The highest BCUT2D eigenvalue weighted by Crippen LogP contribution is 2.26. The van der Waals surface area contributed by atoms with Crippen LogP contribution in [0.4, 0.5) is 5.69 Å². The number of halogens is 1. The van der Waals surface area contributed by atoms with Crippen LogP contribution in [0, 0.1) is 0 Å². The van der Waals surface area contributed by atoms with Gasteiger partial charge in [0.15, 0.2) is 0 Å². The van der Waals surface area contributed by atoms with Gasteiger partial charge in [-0.1, -0.05) is 11.6 Å². The van der Waals surface area contributed by atoms with Crippen molar-refractivity contribution in [2.24, 2.45) is 5.73 Å². The number of nitrogens with two attached hydrogens (primary N) is 2. The molecule has 0 radical (unpaired) electrons. The molecule has 2 rings (SSSR count). The number of anilines is 1. The van der Waals surface area contributed by atoms with Crippen LogP contribution in [0.15, 0.2) is 29.2 Å². The van der Waals surface area contributed by atoms with Gasteiger partial charge in [-0.3, -0.25) is 9.59 Å². The lowest BCUT2D eigenvalue weighted by molar-refractivity contribution is -0.120. The van der Waals surface area contributed by atoms with Gasteiger partial charge in [-0.25, -0.2) is 0 Å². The molecule has 18 heavy (non-hydrogen) atoms. The number of nitrogens with zero attached hydrogens (tertiary/aromatic N) is 1. The fraction of sp³-hybridized carbons (Fsp3) is 0.167. The summed E-state index contributed by atoms with van der Waals surface area (Å²) >= 11 is 5.88. The molecule has 94 valence electrons. The van der Waals surface area contributed by atoms with Crippen LogP contribution in [-0.4, -0.2) is 10.5 Å². The van der Waals surface area contributed by atoms with Crippen molar-refractivity contribution in [1.82, 2.24) is 4.57 Å². The molecule has 0 fully saturated rings. The minimum Gasteiger partial charge on any atom is -0.397 e. The van der Waals surface area contributed by atoms with E-state index in [1.54, 1.807) is 25.1 Å². The number of nitrogen functional groups attached to an aromatic ring is 1. The second kappa shape index (κ2) is 4.34. The first-order valence-corrected chi connectivity index (χ1v) is 5.69. The lowest BCUT2D eigenvalue weighted by Gasteiger charge is -2.13. The minimum absolute atomic E-state index is 0.317. The van der Waals surface area contributed by atoms with Gasteiger partial charge in [0.2, 0.25) is 5.91 Å². The van der Waals surface area contributed by atoms with Crippen molar-refractivity contribution in [3.05, 3.63) is 39.8 Å². The van der Waals surface area contributed by atoms with Crippen molar-refractivity contribution >= 4 is 34.0 Å². The molecule has 1 aromatic heterocycles. The average Bonchev–Trinajstić information content (AvgIpc) is 2.33. The highest BCUT2D eigenvalue weighted by Gasteiger charge is 2.15. The summed E-state index contributed by atoms with van der Waals surface area (Å²) in [6.07, 6.45) is 1.49. The number of pyridine rings is 1. The van der Waals surface area contributed by atoms with E-state index in [1.165, 1.54) is 10.8 Å². The summed E-state index contributed by atoms with van der Waals surface area (Å²) in [6, 6.07) is 4.08. The maximum absolute atomic E-state index is 12.2. The topological polar surface area (TPSA) is 91.1 Å². The van der Waals surface area contributed by atoms with E-state index in [1.807, 2.05) is 0 Å². The predicted molar refractivity (Wildman–Crippen MR) is 71.5 cm³/mol. The first-order valence-electron chi connectivity index (χ1n) is 5.31. The number of aromatic nitrogens is 1. The van der Waals surface area contributed by atoms with Crippen molar-refractivity contribution in [3.63, 3.8) is 0 Å². The molecule has 1 heterocycles. The summed E-state index contributed by atoms with van der Waals surface area (Å²) in [6.45, 7) is 1.56. The molecular weight excluding hydrogens is 254 g/mol. The standard InChI is InChI=1S/C12H12ClN3O2/c1-6(11(15)17)16-5-4-7-8(12(16)18)2-3-9(13)10(7)14/h2-6H,14H2,1H3,(H2,15,17)/t6-/m1/s1. The fourth-order valence-corrected chi connectivity index (χ4v) is 1.94. The third-order valence-corrected chi connectivity index (χ3v) is 3.26. The predicted octanol–water partition coefficient (Wildman–Crippen LogP) is 1.28. The first kappa shape index (κ1) is 12.4. The molecule has 2 aromatic rings. The Labute approximate surface area is 108 Å². The number of primary amides is 1. The highest BCUT2D eigenvalue weighted by molar-refractivity contribution is 6.34. The molecular formula is C12H12ClN3O2. The smallest absolute Gasteiger partial charge is 0.259 e. The summed E-state index contributed by atoms with van der Waals surface area (Å²) in [5, 5.41) is 1.37. The van der Waals surface area contributed by atoms with Crippen LogP contribution < -0.4 is 17.0 Å². The highest BCUT2D eigenvalue weighted by atomic mass is 35.5. The Morgan fingerprint density at radius 3 is 2.61 bits per heavy atom. The molecule has 0 aliphatic rings. The molecule has 0 unspecified atom stereocenters. The Balaban J connectivity index is 2.77. The van der Waals surface area contributed by atoms with Crippen LogP contribution in [-0.2, 0) is 4.79 Å². The van der Waals surface area contributed by atoms with Gasteiger partial charge in [-0.05, 0) is 25.1 Å². The Bertz CT molecular complexity index is 694. The van der Waals surface area contributed by atoms with Crippen LogP contribution in [0.2, 0.25) is 5.02 Å². The number of carbonyl (C=O) groups is 1. The number of hydrogen-bond donors (Lipinski definition) is 2. The van der Waals surface area contributed by atoms with Gasteiger partial charge >= 0.3 is 0 Å². The van der Waals surface area contributed by atoms with Gasteiger partial charge in [0.25, 0.3) is 5.56 Å². The maximum Gasteiger partial charge on any atom is 0.259 e. The zero-order valence-corrected chi connectivity index (χ0v) is 10.4. The van der Waals surface area contributed by atoms with Gasteiger partial charge in [0.05, 0.1) is 10.7 Å². The summed E-state index contributed by atoms with van der Waals surface area (Å²) in [5.41, 5.74) is 11.0. The van der Waals surface area contributed by atoms with Gasteiger partial charge in [0.1, 0.15) is 6.04 Å². The van der Waals surface area contributed by atoms with Gasteiger partial charge in [-0.15, -0.1) is 0 Å². The number of hydrogen-bond acceptors (Lipinski definition) is 3. The van der Waals surface area contributed by atoms with E-state index < -0.39 is 11.9 Å². The quantitative estimate of drug-likeness (QED) is 0.802. The third-order valence-electron chi connectivity index (χ3n) is 2.93. The van der Waals surface area contributed by atoms with E-state index in [2.05, 4.69) is 0 Å². The lowest BCUT2D eigenvalue weighted by atomic mass is 10.1. The first-order chi connectivity index (χ1) is 8.43. The van der Waals surface area contributed by atoms with Gasteiger partial charge in [0, 0.05) is 17.0 Å². The van der Waals surface area contributed by atoms with Crippen molar-refractivity contribution in [2.75, 3.05) is 5.73 Å². The van der Waals surface area contributed by atoms with Crippen molar-refractivity contribution in [3.8, 4) is 0 Å². The number of amides is 1. The summed E-state index contributed by atoms with van der Waals surface area (Å²) in [4.78, 5) is 23.3. The zero-order chi connectivity index (χ0) is 13.4. The van der Waals surface area contributed by atoms with Crippen molar-refractivity contribution in [1.29, 1.82) is 0 Å². The van der Waals surface area contributed by atoms with Crippen LogP contribution >= 0.6 is 11.6 Å². The largest absolute Gasteiger partial charge is 0.397 e. The average molecular weight is 266 g/mol. The van der Waals surface area contributed by atoms with E-state index in [-0.39, 0.29) is 5.56 Å². The maximum atomic E-state index is 12.2. The summed E-state index contributed by atoms with van der Waals surface area (Å²) in [5.74, 6) is -0.571. The number of carbonyl (C=O) groups excluding carboxylic acids is 1. The molecule has 0 spiro atoms. The fourth-order valence-electron chi connectivity index (χ4n) is 1.78. The van der Waals surface area contributed by atoms with E-state index in [0.29, 0.717) is 21.5 Å². The lowest BCUT2D eigenvalue weighted by Crippen LogP contribution is -2.31. The Hall–Kier alpha value is -2.01. The molecule has 1 aromatic carbocycles. The van der Waals surface area contributed by atoms with Crippen molar-refractivity contribution < 1.29 is 4.79 Å². The van der Waals surface area contributed by atoms with Gasteiger partial charge in [-0.2, -0.15) is 0 Å². The van der Waals surface area contributed by atoms with E-state index >= 15 is 0 Å². The molecule has 0 saturated carbocycles. The van der Waals surface area contributed by atoms with Crippen LogP contribution in [0.25, 0.3) is 10.8 Å². The van der Waals surface area contributed by atoms with E-state index in [9.17, 15) is 9.59 Å². The Morgan fingerprint density at radius 2 is 2.00 bits per heavy atom. The Morgan fingerprint density at radius 1 is 1.33 bits per heavy atom. The van der Waals surface area contributed by atoms with Crippen LogP contribution in [0.1, 0.15) is 13.0 Å².